The molecule has 2 atom stereocenters. The monoisotopic (exact) mass is 419 g/mol. The molecule has 0 saturated carbocycles. The Balaban J connectivity index is 1.60. The Kier molecular flexibility index (Phi) is 4.43. The Labute approximate surface area is 186 Å². The van der Waals surface area contributed by atoms with E-state index in [0.29, 0.717) is 17.6 Å². The topological polar surface area (TPSA) is 29.1 Å². The van der Waals surface area contributed by atoms with Gasteiger partial charge in [0.25, 0.3) is 0 Å². The molecule has 0 radical (unpaired) electrons. The highest BCUT2D eigenvalue weighted by Crippen LogP contribution is 2.51. The fraction of sp³-hybridized carbons (Fsp3) is 0.138. The average Bonchev–Trinajstić information content (AvgIpc) is 2.84. The molecule has 156 valence electrons. The van der Waals surface area contributed by atoms with Gasteiger partial charge in [-0.3, -0.25) is 4.79 Å². The van der Waals surface area contributed by atoms with Gasteiger partial charge in [0.15, 0.2) is 5.78 Å². The van der Waals surface area contributed by atoms with Crippen molar-refractivity contribution in [3.05, 3.63) is 119 Å². The van der Waals surface area contributed by atoms with Crippen LogP contribution < -0.4 is 5.32 Å². The molecule has 4 aromatic rings. The number of anilines is 1. The van der Waals surface area contributed by atoms with Gasteiger partial charge in [-0.2, -0.15) is 0 Å². The van der Waals surface area contributed by atoms with E-state index in [0.717, 1.165) is 34.0 Å². The van der Waals surface area contributed by atoms with Crippen LogP contribution in [0.25, 0.3) is 16.3 Å². The summed E-state index contributed by atoms with van der Waals surface area (Å²) in [6.45, 7) is 0. The molecule has 0 amide bonds. The van der Waals surface area contributed by atoms with Crippen LogP contribution in [0.3, 0.4) is 0 Å². The first-order valence-electron chi connectivity index (χ1n) is 11.0. The molecule has 2 unspecified atom stereocenters. The Morgan fingerprint density at radius 3 is 2.38 bits per heavy atom. The van der Waals surface area contributed by atoms with Crippen LogP contribution in [0.5, 0.6) is 0 Å². The Morgan fingerprint density at radius 1 is 0.781 bits per heavy atom. The van der Waals surface area contributed by atoms with Crippen LogP contribution in [-0.4, -0.2) is 5.78 Å². The standard InChI is InChI=1S/C29H22FNO/c30-24-13-7-6-12-22(24)29-28-23(16-20(17-26(28)32)18-8-2-1-3-9-18)27-21-11-5-4-10-19(21)14-15-25(27)31-29/h1-15,20,29,31H,16-17H2. The summed E-state index contributed by atoms with van der Waals surface area (Å²) in [5.41, 5.74) is 5.50. The summed E-state index contributed by atoms with van der Waals surface area (Å²) < 4.78 is 14.9. The van der Waals surface area contributed by atoms with Gasteiger partial charge in [-0.05, 0) is 46.4 Å². The Bertz CT molecular complexity index is 1390. The number of allylic oxidation sites excluding steroid dienone is 1. The van der Waals surface area contributed by atoms with Gasteiger partial charge in [0.2, 0.25) is 0 Å². The van der Waals surface area contributed by atoms with Gasteiger partial charge < -0.3 is 5.32 Å². The molecule has 4 aromatic carbocycles. The summed E-state index contributed by atoms with van der Waals surface area (Å²) in [5.74, 6) is -0.0767. The van der Waals surface area contributed by atoms with Crippen molar-refractivity contribution < 1.29 is 9.18 Å². The largest absolute Gasteiger partial charge is 0.373 e. The van der Waals surface area contributed by atoms with Crippen molar-refractivity contribution >= 4 is 27.8 Å². The van der Waals surface area contributed by atoms with E-state index in [-0.39, 0.29) is 17.5 Å². The zero-order valence-electron chi connectivity index (χ0n) is 17.5. The van der Waals surface area contributed by atoms with Gasteiger partial charge in [0.1, 0.15) is 5.82 Å². The van der Waals surface area contributed by atoms with E-state index < -0.39 is 6.04 Å². The lowest BCUT2D eigenvalue weighted by Crippen LogP contribution is -2.30. The molecule has 2 aliphatic rings. The van der Waals surface area contributed by atoms with Crippen LogP contribution in [0.4, 0.5) is 10.1 Å². The maximum atomic E-state index is 14.9. The lowest BCUT2D eigenvalue weighted by molar-refractivity contribution is -0.116. The highest BCUT2D eigenvalue weighted by molar-refractivity contribution is 6.13. The molecule has 1 N–H and O–H groups in total. The van der Waals surface area contributed by atoms with Crippen molar-refractivity contribution in [1.29, 1.82) is 0 Å². The van der Waals surface area contributed by atoms with Gasteiger partial charge in [-0.15, -0.1) is 0 Å². The molecular weight excluding hydrogens is 397 g/mol. The average molecular weight is 419 g/mol. The van der Waals surface area contributed by atoms with Gasteiger partial charge >= 0.3 is 0 Å². The molecule has 0 bridgehead atoms. The number of hydrogen-bond acceptors (Lipinski definition) is 2. The first-order chi connectivity index (χ1) is 15.7. The maximum absolute atomic E-state index is 14.9. The van der Waals surface area contributed by atoms with Crippen molar-refractivity contribution in [2.45, 2.75) is 24.8 Å². The van der Waals surface area contributed by atoms with Crippen LogP contribution in [0.15, 0.2) is 96.6 Å². The van der Waals surface area contributed by atoms with Crippen molar-refractivity contribution in [2.75, 3.05) is 5.32 Å². The zero-order valence-corrected chi connectivity index (χ0v) is 17.5. The number of fused-ring (bicyclic) bond motifs is 4. The van der Waals surface area contributed by atoms with Gasteiger partial charge in [0, 0.05) is 28.8 Å². The normalized spacial score (nSPS) is 20.0. The van der Waals surface area contributed by atoms with Crippen molar-refractivity contribution in [2.24, 2.45) is 0 Å². The second-order valence-electron chi connectivity index (χ2n) is 8.64. The number of benzene rings is 4. The predicted octanol–water partition coefficient (Wildman–Crippen LogP) is 7.05. The number of Topliss-reactive ketones (excluding diaryl/α,β-unsaturated/α-hetero) is 1. The van der Waals surface area contributed by atoms with Crippen LogP contribution in [0.2, 0.25) is 0 Å². The third kappa shape index (κ3) is 2.96. The fourth-order valence-corrected chi connectivity index (χ4v) is 5.35. The minimum atomic E-state index is -0.482. The highest BCUT2D eigenvalue weighted by atomic mass is 19.1. The Morgan fingerprint density at radius 2 is 1.53 bits per heavy atom. The van der Waals surface area contributed by atoms with Gasteiger partial charge in [-0.1, -0.05) is 78.9 Å². The summed E-state index contributed by atoms with van der Waals surface area (Å²) in [5, 5.41) is 5.77. The third-order valence-electron chi connectivity index (χ3n) is 6.81. The van der Waals surface area contributed by atoms with E-state index in [1.54, 1.807) is 12.1 Å². The van der Waals surface area contributed by atoms with Crippen molar-refractivity contribution in [3.63, 3.8) is 0 Å². The highest BCUT2D eigenvalue weighted by Gasteiger charge is 2.39. The molecule has 0 fully saturated rings. The zero-order chi connectivity index (χ0) is 21.7. The molecule has 3 heteroatoms. The minimum absolute atomic E-state index is 0.0967. The second-order valence-corrected chi connectivity index (χ2v) is 8.64. The third-order valence-corrected chi connectivity index (χ3v) is 6.81. The first-order valence-corrected chi connectivity index (χ1v) is 11.0. The van der Waals surface area contributed by atoms with Crippen molar-refractivity contribution in [3.8, 4) is 0 Å². The summed E-state index contributed by atoms with van der Waals surface area (Å²) in [6.07, 6.45) is 1.20. The molecule has 0 spiro atoms. The van der Waals surface area contributed by atoms with E-state index in [4.69, 9.17) is 0 Å². The number of carbonyl (C=O) groups excluding carboxylic acids is 1. The summed E-state index contributed by atoms with van der Waals surface area (Å²) in [4.78, 5) is 13.6. The SMILES string of the molecule is O=C1CC(c2ccccc2)CC2=C1C(c1ccccc1F)Nc1ccc3ccccc3c12. The maximum Gasteiger partial charge on any atom is 0.162 e. The Hall–Kier alpha value is -3.72. The molecule has 0 aromatic heterocycles. The number of rotatable bonds is 2. The van der Waals surface area contributed by atoms with Crippen LogP contribution in [-0.2, 0) is 4.79 Å². The van der Waals surface area contributed by atoms with Crippen LogP contribution in [0, 0.1) is 5.82 Å². The summed E-state index contributed by atoms with van der Waals surface area (Å²) in [7, 11) is 0. The molecule has 2 nitrogen and oxygen atoms in total. The summed E-state index contributed by atoms with van der Waals surface area (Å²) in [6, 6.07) is 28.9. The first kappa shape index (κ1) is 19.0. The van der Waals surface area contributed by atoms with E-state index in [1.165, 1.54) is 11.6 Å². The summed E-state index contributed by atoms with van der Waals surface area (Å²) >= 11 is 0. The van der Waals surface area contributed by atoms with E-state index >= 15 is 0 Å². The van der Waals surface area contributed by atoms with E-state index in [1.807, 2.05) is 36.4 Å². The lowest BCUT2D eigenvalue weighted by atomic mass is 9.71. The number of hydrogen-bond donors (Lipinski definition) is 1. The molecule has 1 aliphatic heterocycles. The predicted molar refractivity (Wildman–Crippen MR) is 127 cm³/mol. The smallest absolute Gasteiger partial charge is 0.162 e. The number of carbonyl (C=O) groups is 1. The quantitative estimate of drug-likeness (QED) is 0.377. The fourth-order valence-electron chi connectivity index (χ4n) is 5.35. The molecule has 1 aliphatic carbocycles. The minimum Gasteiger partial charge on any atom is -0.373 e. The second kappa shape index (κ2) is 7.45. The number of halogens is 1. The lowest BCUT2D eigenvalue weighted by Gasteiger charge is -2.37. The molecular formula is C29H22FNO. The van der Waals surface area contributed by atoms with E-state index in [2.05, 4.69) is 41.7 Å². The van der Waals surface area contributed by atoms with Crippen molar-refractivity contribution in [1.82, 2.24) is 0 Å². The van der Waals surface area contributed by atoms with Crippen LogP contribution >= 0.6 is 0 Å². The number of ketones is 1. The van der Waals surface area contributed by atoms with E-state index in [9.17, 15) is 9.18 Å². The molecule has 32 heavy (non-hydrogen) atoms. The number of nitrogens with one attached hydrogen (secondary N) is 1. The molecule has 1 heterocycles. The van der Waals surface area contributed by atoms with Crippen LogP contribution in [0.1, 0.15) is 41.5 Å². The molecule has 6 rings (SSSR count). The molecule has 0 saturated heterocycles. The van der Waals surface area contributed by atoms with Gasteiger partial charge in [0.05, 0.1) is 6.04 Å². The van der Waals surface area contributed by atoms with Gasteiger partial charge in [-0.25, -0.2) is 4.39 Å².